The van der Waals surface area contributed by atoms with Crippen LogP contribution in [0.5, 0.6) is 0 Å². The first-order valence-corrected chi connectivity index (χ1v) is 6.23. The van der Waals surface area contributed by atoms with E-state index in [1.807, 2.05) is 30.5 Å². The van der Waals surface area contributed by atoms with E-state index in [-0.39, 0.29) is 17.9 Å². The summed E-state index contributed by atoms with van der Waals surface area (Å²) in [6, 6.07) is -0.0487. The van der Waals surface area contributed by atoms with E-state index in [1.54, 1.807) is 0 Å². The van der Waals surface area contributed by atoms with Gasteiger partial charge in [-0.1, -0.05) is 13.8 Å². The van der Waals surface area contributed by atoms with Gasteiger partial charge in [-0.3, -0.25) is 4.79 Å². The quantitative estimate of drug-likeness (QED) is 0.747. The third kappa shape index (κ3) is 2.89. The zero-order chi connectivity index (χ0) is 10.7. The van der Waals surface area contributed by atoms with Gasteiger partial charge in [-0.05, 0) is 6.92 Å². The molecule has 0 aliphatic carbocycles. The number of carbonyl (C=O) groups excluding carboxylic acids is 1. The Morgan fingerprint density at radius 2 is 2.21 bits per heavy atom. The van der Waals surface area contributed by atoms with E-state index in [4.69, 9.17) is 5.73 Å². The highest BCUT2D eigenvalue weighted by Gasteiger charge is 2.26. The van der Waals surface area contributed by atoms with Gasteiger partial charge < -0.3 is 10.6 Å². The fourth-order valence-electron chi connectivity index (χ4n) is 1.53. The maximum atomic E-state index is 11.9. The molecule has 0 spiro atoms. The van der Waals surface area contributed by atoms with Crippen molar-refractivity contribution < 1.29 is 4.79 Å². The van der Waals surface area contributed by atoms with Gasteiger partial charge in [0.05, 0.1) is 5.92 Å². The van der Waals surface area contributed by atoms with E-state index in [0.717, 1.165) is 18.8 Å². The van der Waals surface area contributed by atoms with Gasteiger partial charge in [0.1, 0.15) is 0 Å². The third-order valence-electron chi connectivity index (χ3n) is 2.73. The predicted octanol–water partition coefficient (Wildman–Crippen LogP) is 0.934. The van der Waals surface area contributed by atoms with Gasteiger partial charge in [-0.25, -0.2) is 0 Å². The van der Waals surface area contributed by atoms with Crippen LogP contribution in [0.4, 0.5) is 0 Å². The standard InChI is InChI=1S/C10H20N2OS/c1-7-6-12(4-5-14-7)10(13)8(2)9(3)11/h7-9H,4-6,11H2,1-3H3. The Morgan fingerprint density at radius 3 is 2.71 bits per heavy atom. The van der Waals surface area contributed by atoms with Crippen LogP contribution in [0.2, 0.25) is 0 Å². The zero-order valence-corrected chi connectivity index (χ0v) is 10.0. The Balaban J connectivity index is 2.51. The van der Waals surface area contributed by atoms with Crippen LogP contribution < -0.4 is 5.73 Å². The first-order chi connectivity index (χ1) is 6.52. The van der Waals surface area contributed by atoms with Gasteiger partial charge in [0.25, 0.3) is 0 Å². The molecule has 0 aromatic heterocycles. The van der Waals surface area contributed by atoms with E-state index in [1.165, 1.54) is 0 Å². The second-order valence-electron chi connectivity index (χ2n) is 4.11. The fourth-order valence-corrected chi connectivity index (χ4v) is 2.54. The number of nitrogens with zero attached hydrogens (tertiary/aromatic N) is 1. The van der Waals surface area contributed by atoms with Crippen molar-refractivity contribution in [1.82, 2.24) is 4.90 Å². The van der Waals surface area contributed by atoms with E-state index in [9.17, 15) is 4.79 Å². The SMILES string of the molecule is CC1CN(C(=O)C(C)C(C)N)CCS1. The Bertz CT molecular complexity index is 208. The Kier molecular flexibility index (Phi) is 4.26. The van der Waals surface area contributed by atoms with Crippen LogP contribution in [0.15, 0.2) is 0 Å². The highest BCUT2D eigenvalue weighted by atomic mass is 32.2. The number of thioether (sulfide) groups is 1. The maximum absolute atomic E-state index is 11.9. The van der Waals surface area contributed by atoms with Crippen molar-refractivity contribution in [3.05, 3.63) is 0 Å². The summed E-state index contributed by atoms with van der Waals surface area (Å²) in [6.07, 6.45) is 0. The van der Waals surface area contributed by atoms with Gasteiger partial charge in [0.2, 0.25) is 5.91 Å². The normalized spacial score (nSPS) is 27.1. The lowest BCUT2D eigenvalue weighted by atomic mass is 10.0. The van der Waals surface area contributed by atoms with E-state index < -0.39 is 0 Å². The first-order valence-electron chi connectivity index (χ1n) is 5.18. The molecule has 1 heterocycles. The van der Waals surface area contributed by atoms with Crippen molar-refractivity contribution in [2.45, 2.75) is 32.1 Å². The van der Waals surface area contributed by atoms with Crippen LogP contribution in [0, 0.1) is 5.92 Å². The lowest BCUT2D eigenvalue weighted by molar-refractivity contribution is -0.135. The molecule has 14 heavy (non-hydrogen) atoms. The molecule has 1 fully saturated rings. The number of hydrogen-bond acceptors (Lipinski definition) is 3. The van der Waals surface area contributed by atoms with Gasteiger partial charge in [-0.15, -0.1) is 0 Å². The van der Waals surface area contributed by atoms with E-state index >= 15 is 0 Å². The van der Waals surface area contributed by atoms with Crippen molar-refractivity contribution in [2.24, 2.45) is 11.7 Å². The summed E-state index contributed by atoms with van der Waals surface area (Å²) in [5.41, 5.74) is 5.73. The summed E-state index contributed by atoms with van der Waals surface area (Å²) in [5, 5.41) is 0.563. The summed E-state index contributed by atoms with van der Waals surface area (Å²) in [6.45, 7) is 7.73. The summed E-state index contributed by atoms with van der Waals surface area (Å²) >= 11 is 1.93. The maximum Gasteiger partial charge on any atom is 0.227 e. The molecule has 1 amide bonds. The first kappa shape index (κ1) is 11.9. The van der Waals surface area contributed by atoms with Crippen LogP contribution in [0.3, 0.4) is 0 Å². The molecule has 0 bridgehead atoms. The van der Waals surface area contributed by atoms with Gasteiger partial charge >= 0.3 is 0 Å². The second-order valence-corrected chi connectivity index (χ2v) is 5.66. The van der Waals surface area contributed by atoms with Crippen LogP contribution in [-0.4, -0.2) is 40.9 Å². The molecular weight excluding hydrogens is 196 g/mol. The Morgan fingerprint density at radius 1 is 1.57 bits per heavy atom. The summed E-state index contributed by atoms with van der Waals surface area (Å²) in [7, 11) is 0. The van der Waals surface area contributed by atoms with Crippen molar-refractivity contribution in [2.75, 3.05) is 18.8 Å². The molecule has 82 valence electrons. The minimum absolute atomic E-state index is 0.0487. The molecular formula is C10H20N2OS. The summed E-state index contributed by atoms with van der Waals surface area (Å²) in [4.78, 5) is 13.9. The van der Waals surface area contributed by atoms with Crippen LogP contribution >= 0.6 is 11.8 Å². The molecule has 4 heteroatoms. The molecule has 0 radical (unpaired) electrons. The molecule has 1 aliphatic heterocycles. The number of rotatable bonds is 2. The molecule has 0 aromatic rings. The average molecular weight is 216 g/mol. The molecule has 3 unspecified atom stereocenters. The Hall–Kier alpha value is -0.220. The van der Waals surface area contributed by atoms with Crippen molar-refractivity contribution in [1.29, 1.82) is 0 Å². The largest absolute Gasteiger partial charge is 0.340 e. The molecule has 3 nitrogen and oxygen atoms in total. The topological polar surface area (TPSA) is 46.3 Å². The van der Waals surface area contributed by atoms with Crippen LogP contribution in [0.1, 0.15) is 20.8 Å². The lowest BCUT2D eigenvalue weighted by Crippen LogP contribution is -2.46. The Labute approximate surface area is 90.4 Å². The van der Waals surface area contributed by atoms with Crippen LogP contribution in [-0.2, 0) is 4.79 Å². The van der Waals surface area contributed by atoms with E-state index in [0.29, 0.717) is 5.25 Å². The second kappa shape index (κ2) is 5.03. The molecule has 1 saturated heterocycles. The molecule has 2 N–H and O–H groups in total. The lowest BCUT2D eigenvalue weighted by Gasteiger charge is -2.33. The molecule has 0 saturated carbocycles. The van der Waals surface area contributed by atoms with Crippen LogP contribution in [0.25, 0.3) is 0 Å². The zero-order valence-electron chi connectivity index (χ0n) is 9.19. The highest BCUT2D eigenvalue weighted by Crippen LogP contribution is 2.19. The molecule has 1 rings (SSSR count). The van der Waals surface area contributed by atoms with Gasteiger partial charge in [0, 0.05) is 30.1 Å². The monoisotopic (exact) mass is 216 g/mol. The van der Waals surface area contributed by atoms with Crippen molar-refractivity contribution in [3.8, 4) is 0 Å². The number of nitrogens with two attached hydrogens (primary N) is 1. The van der Waals surface area contributed by atoms with Crippen molar-refractivity contribution in [3.63, 3.8) is 0 Å². The molecule has 3 atom stereocenters. The predicted molar refractivity (Wildman–Crippen MR) is 61.3 cm³/mol. The summed E-state index contributed by atoms with van der Waals surface area (Å²) in [5.74, 6) is 1.22. The minimum atomic E-state index is -0.0506. The number of carbonyl (C=O) groups is 1. The van der Waals surface area contributed by atoms with Gasteiger partial charge in [0.15, 0.2) is 0 Å². The summed E-state index contributed by atoms with van der Waals surface area (Å²) < 4.78 is 0. The van der Waals surface area contributed by atoms with Crippen molar-refractivity contribution >= 4 is 17.7 Å². The molecule has 0 aromatic carbocycles. The smallest absolute Gasteiger partial charge is 0.227 e. The van der Waals surface area contributed by atoms with E-state index in [2.05, 4.69) is 6.92 Å². The average Bonchev–Trinajstić information content (AvgIpc) is 2.15. The third-order valence-corrected chi connectivity index (χ3v) is 3.87. The fraction of sp³-hybridized carbons (Fsp3) is 0.900. The number of hydrogen-bond donors (Lipinski definition) is 1. The molecule has 1 aliphatic rings. The number of amides is 1. The minimum Gasteiger partial charge on any atom is -0.340 e. The highest BCUT2D eigenvalue weighted by molar-refractivity contribution is 7.99. The van der Waals surface area contributed by atoms with Gasteiger partial charge in [-0.2, -0.15) is 11.8 Å².